The van der Waals surface area contributed by atoms with Gasteiger partial charge in [-0.25, -0.2) is 0 Å². The summed E-state index contributed by atoms with van der Waals surface area (Å²) < 4.78 is 0. The molecule has 0 radical (unpaired) electrons. The lowest BCUT2D eigenvalue weighted by Crippen LogP contribution is -2.33. The van der Waals surface area contributed by atoms with Gasteiger partial charge >= 0.3 is 0 Å². The minimum atomic E-state index is 0.753. The summed E-state index contributed by atoms with van der Waals surface area (Å²) >= 11 is 1.95. The molecule has 1 saturated carbocycles. The summed E-state index contributed by atoms with van der Waals surface area (Å²) in [6.45, 7) is 10.2. The fraction of sp³-hybridized carbons (Fsp3) is 0.750. The molecule has 0 spiro atoms. The molecular formula is C16H27NS. The van der Waals surface area contributed by atoms with Crippen molar-refractivity contribution in [3.63, 3.8) is 0 Å². The van der Waals surface area contributed by atoms with Crippen molar-refractivity contribution in [1.82, 2.24) is 5.32 Å². The minimum absolute atomic E-state index is 0.753. The van der Waals surface area contributed by atoms with Crippen LogP contribution in [0, 0.1) is 25.7 Å². The van der Waals surface area contributed by atoms with Crippen LogP contribution < -0.4 is 5.32 Å². The Morgan fingerprint density at radius 2 is 1.89 bits per heavy atom. The molecule has 1 aliphatic rings. The van der Waals surface area contributed by atoms with Gasteiger partial charge in [0.05, 0.1) is 0 Å². The number of thiophene rings is 1. The molecule has 0 amide bonds. The molecule has 102 valence electrons. The molecule has 18 heavy (non-hydrogen) atoms. The van der Waals surface area contributed by atoms with Crippen LogP contribution in [0.2, 0.25) is 0 Å². The molecule has 2 heteroatoms. The Balaban J connectivity index is 1.75. The first-order chi connectivity index (χ1) is 8.56. The predicted molar refractivity (Wildman–Crippen MR) is 81.2 cm³/mol. The second-order valence-corrected chi connectivity index (χ2v) is 7.53. The van der Waals surface area contributed by atoms with Gasteiger partial charge in [-0.15, -0.1) is 11.3 Å². The molecule has 0 atom stereocenters. The van der Waals surface area contributed by atoms with Crippen molar-refractivity contribution in [2.24, 2.45) is 11.8 Å². The largest absolute Gasteiger partial charge is 0.309 e. The molecular weight excluding hydrogens is 238 g/mol. The van der Waals surface area contributed by atoms with E-state index in [0.29, 0.717) is 0 Å². The van der Waals surface area contributed by atoms with E-state index < -0.39 is 0 Å². The van der Waals surface area contributed by atoms with Crippen molar-refractivity contribution in [2.45, 2.75) is 66.0 Å². The standard InChI is InChI=1S/C16H27NS/c1-11(2)14-5-7-15(8-6-14)17-10-16-9-12(3)13(4)18-16/h9,11,14-15,17H,5-8,10H2,1-4H3. The van der Waals surface area contributed by atoms with Crippen LogP contribution in [0.4, 0.5) is 0 Å². The number of nitrogens with one attached hydrogen (secondary N) is 1. The highest BCUT2D eigenvalue weighted by Crippen LogP contribution is 2.30. The summed E-state index contributed by atoms with van der Waals surface area (Å²) in [6.07, 6.45) is 5.56. The Morgan fingerprint density at radius 1 is 1.22 bits per heavy atom. The van der Waals surface area contributed by atoms with Crippen molar-refractivity contribution in [2.75, 3.05) is 0 Å². The highest BCUT2D eigenvalue weighted by molar-refractivity contribution is 7.12. The topological polar surface area (TPSA) is 12.0 Å². The van der Waals surface area contributed by atoms with Gasteiger partial charge in [-0.05, 0) is 63.0 Å². The van der Waals surface area contributed by atoms with Gasteiger partial charge in [-0.1, -0.05) is 13.8 Å². The van der Waals surface area contributed by atoms with Crippen molar-refractivity contribution < 1.29 is 0 Å². The summed E-state index contributed by atoms with van der Waals surface area (Å²) in [7, 11) is 0. The summed E-state index contributed by atoms with van der Waals surface area (Å²) in [4.78, 5) is 2.96. The Labute approximate surface area is 116 Å². The lowest BCUT2D eigenvalue weighted by molar-refractivity contribution is 0.238. The summed E-state index contributed by atoms with van der Waals surface area (Å²) in [5, 5.41) is 3.75. The second kappa shape index (κ2) is 6.21. The van der Waals surface area contributed by atoms with Gasteiger partial charge in [-0.3, -0.25) is 0 Å². The zero-order chi connectivity index (χ0) is 13.1. The van der Waals surface area contributed by atoms with Crippen LogP contribution in [-0.2, 0) is 6.54 Å². The van der Waals surface area contributed by atoms with Crippen LogP contribution in [0.3, 0.4) is 0 Å². The van der Waals surface area contributed by atoms with E-state index in [2.05, 4.69) is 39.1 Å². The highest BCUT2D eigenvalue weighted by atomic mass is 32.1. The molecule has 1 aromatic rings. The molecule has 0 aliphatic heterocycles. The molecule has 1 nitrogen and oxygen atoms in total. The summed E-state index contributed by atoms with van der Waals surface area (Å²) in [6, 6.07) is 3.09. The van der Waals surface area contributed by atoms with Gasteiger partial charge < -0.3 is 5.32 Å². The number of hydrogen-bond acceptors (Lipinski definition) is 2. The van der Waals surface area contributed by atoms with E-state index in [1.54, 1.807) is 0 Å². The van der Waals surface area contributed by atoms with E-state index in [-0.39, 0.29) is 0 Å². The van der Waals surface area contributed by atoms with Gasteiger partial charge in [0, 0.05) is 22.3 Å². The molecule has 0 unspecified atom stereocenters. The zero-order valence-electron chi connectivity index (χ0n) is 12.3. The SMILES string of the molecule is Cc1cc(CNC2CCC(C(C)C)CC2)sc1C. The maximum Gasteiger partial charge on any atom is 0.0302 e. The molecule has 2 rings (SSSR count). The summed E-state index contributed by atoms with van der Waals surface area (Å²) in [5.74, 6) is 1.84. The lowest BCUT2D eigenvalue weighted by atomic mass is 9.80. The minimum Gasteiger partial charge on any atom is -0.309 e. The van der Waals surface area contributed by atoms with Crippen LogP contribution in [0.1, 0.15) is 54.8 Å². The van der Waals surface area contributed by atoms with Gasteiger partial charge in [-0.2, -0.15) is 0 Å². The molecule has 1 aliphatic carbocycles. The molecule has 0 bridgehead atoms. The monoisotopic (exact) mass is 265 g/mol. The van der Waals surface area contributed by atoms with Crippen LogP contribution in [0.25, 0.3) is 0 Å². The molecule has 0 saturated heterocycles. The fourth-order valence-corrected chi connectivity index (χ4v) is 3.98. The Bertz CT molecular complexity index is 353. The number of aryl methyl sites for hydroxylation is 2. The number of hydrogen-bond donors (Lipinski definition) is 1. The van der Waals surface area contributed by atoms with E-state index in [4.69, 9.17) is 0 Å². The quantitative estimate of drug-likeness (QED) is 0.834. The average Bonchev–Trinajstić information content (AvgIpc) is 2.67. The van der Waals surface area contributed by atoms with E-state index >= 15 is 0 Å². The first kappa shape index (κ1) is 14.1. The Kier molecular flexibility index (Phi) is 4.85. The first-order valence-electron chi connectivity index (χ1n) is 7.35. The highest BCUT2D eigenvalue weighted by Gasteiger charge is 2.22. The molecule has 1 heterocycles. The van der Waals surface area contributed by atoms with Gasteiger partial charge in [0.15, 0.2) is 0 Å². The van der Waals surface area contributed by atoms with E-state index in [9.17, 15) is 0 Å². The van der Waals surface area contributed by atoms with E-state index in [0.717, 1.165) is 24.4 Å². The van der Waals surface area contributed by atoms with Crippen LogP contribution in [0.5, 0.6) is 0 Å². The first-order valence-corrected chi connectivity index (χ1v) is 8.17. The van der Waals surface area contributed by atoms with Crippen molar-refractivity contribution in [3.8, 4) is 0 Å². The second-order valence-electron chi connectivity index (χ2n) is 6.19. The zero-order valence-corrected chi connectivity index (χ0v) is 13.1. The van der Waals surface area contributed by atoms with Crippen molar-refractivity contribution in [3.05, 3.63) is 21.4 Å². The Morgan fingerprint density at radius 3 is 2.39 bits per heavy atom. The summed E-state index contributed by atoms with van der Waals surface area (Å²) in [5.41, 5.74) is 1.44. The van der Waals surface area contributed by atoms with Gasteiger partial charge in [0.2, 0.25) is 0 Å². The third kappa shape index (κ3) is 3.58. The third-order valence-corrected chi connectivity index (χ3v) is 5.65. The maximum atomic E-state index is 3.75. The maximum absolute atomic E-state index is 3.75. The Hall–Kier alpha value is -0.340. The average molecular weight is 265 g/mol. The third-order valence-electron chi connectivity index (χ3n) is 4.50. The van der Waals surface area contributed by atoms with E-state index in [1.165, 1.54) is 41.0 Å². The normalized spacial score (nSPS) is 24.7. The van der Waals surface area contributed by atoms with E-state index in [1.807, 2.05) is 11.3 Å². The van der Waals surface area contributed by atoms with Gasteiger partial charge in [0.25, 0.3) is 0 Å². The fourth-order valence-electron chi connectivity index (χ4n) is 2.97. The predicted octanol–water partition coefficient (Wildman–Crippen LogP) is 4.67. The van der Waals surface area contributed by atoms with Crippen molar-refractivity contribution in [1.29, 1.82) is 0 Å². The molecule has 0 aromatic carbocycles. The van der Waals surface area contributed by atoms with Crippen LogP contribution in [-0.4, -0.2) is 6.04 Å². The van der Waals surface area contributed by atoms with Crippen LogP contribution >= 0.6 is 11.3 Å². The van der Waals surface area contributed by atoms with Crippen LogP contribution in [0.15, 0.2) is 6.07 Å². The molecule has 1 aromatic heterocycles. The lowest BCUT2D eigenvalue weighted by Gasteiger charge is -2.31. The molecule has 1 N–H and O–H groups in total. The smallest absolute Gasteiger partial charge is 0.0302 e. The van der Waals surface area contributed by atoms with Gasteiger partial charge in [0.1, 0.15) is 0 Å². The number of rotatable bonds is 4. The molecule has 1 fully saturated rings. The van der Waals surface area contributed by atoms with Crippen molar-refractivity contribution >= 4 is 11.3 Å².